The van der Waals surface area contributed by atoms with Gasteiger partial charge in [0, 0.05) is 24.4 Å². The summed E-state index contributed by atoms with van der Waals surface area (Å²) in [5.74, 6) is -1.21. The lowest BCUT2D eigenvalue weighted by molar-refractivity contribution is -0.120. The van der Waals surface area contributed by atoms with Crippen molar-refractivity contribution in [3.05, 3.63) is 59.9 Å². The second-order valence-electron chi connectivity index (χ2n) is 5.75. The first-order chi connectivity index (χ1) is 12.0. The highest BCUT2D eigenvalue weighted by molar-refractivity contribution is 5.95. The van der Waals surface area contributed by atoms with Crippen molar-refractivity contribution < 1.29 is 18.7 Å². The molecule has 0 aliphatic heterocycles. The Bertz CT molecular complexity index is 749. The first-order valence-electron chi connectivity index (χ1n) is 7.92. The maximum atomic E-state index is 13.7. The van der Waals surface area contributed by atoms with Gasteiger partial charge in [0.25, 0.3) is 0 Å². The van der Waals surface area contributed by atoms with E-state index in [0.29, 0.717) is 23.4 Å². The summed E-state index contributed by atoms with van der Waals surface area (Å²) in [6, 6.07) is 13.2. The highest BCUT2D eigenvalue weighted by atomic mass is 19.1. The third-order valence-corrected chi connectivity index (χ3v) is 3.62. The standard InChI is InChI=1S/C19H21FN2O3/c1-13(10-14-6-3-4-9-17(14)20)19(24)22-16-8-5-7-15(11-16)21-18(23)12-25-2/h3-9,11,13H,10,12H2,1-2H3,(H,21,23)(H,22,24)/t13-/m1/s1. The molecule has 2 rings (SSSR count). The number of amides is 2. The summed E-state index contributed by atoms with van der Waals surface area (Å²) in [7, 11) is 1.44. The van der Waals surface area contributed by atoms with Crippen molar-refractivity contribution in [3.63, 3.8) is 0 Å². The monoisotopic (exact) mass is 344 g/mol. The summed E-state index contributed by atoms with van der Waals surface area (Å²) in [6.07, 6.45) is 0.308. The molecule has 0 spiro atoms. The van der Waals surface area contributed by atoms with E-state index < -0.39 is 5.92 Å². The molecule has 0 fully saturated rings. The van der Waals surface area contributed by atoms with Crippen LogP contribution in [0.15, 0.2) is 48.5 Å². The number of hydrogen-bond donors (Lipinski definition) is 2. The van der Waals surface area contributed by atoms with E-state index in [1.165, 1.54) is 13.2 Å². The molecule has 0 aliphatic rings. The van der Waals surface area contributed by atoms with Crippen LogP contribution in [0.2, 0.25) is 0 Å². The molecule has 0 aliphatic carbocycles. The molecule has 25 heavy (non-hydrogen) atoms. The van der Waals surface area contributed by atoms with Crippen molar-refractivity contribution in [2.24, 2.45) is 5.92 Å². The molecular weight excluding hydrogens is 323 g/mol. The minimum Gasteiger partial charge on any atom is -0.375 e. The van der Waals surface area contributed by atoms with Gasteiger partial charge < -0.3 is 15.4 Å². The largest absolute Gasteiger partial charge is 0.375 e. The molecule has 0 bridgehead atoms. The van der Waals surface area contributed by atoms with Crippen molar-refractivity contribution in [2.75, 3.05) is 24.4 Å². The second-order valence-corrected chi connectivity index (χ2v) is 5.75. The van der Waals surface area contributed by atoms with E-state index in [1.807, 2.05) is 0 Å². The smallest absolute Gasteiger partial charge is 0.250 e. The van der Waals surface area contributed by atoms with Crippen LogP contribution < -0.4 is 10.6 Å². The van der Waals surface area contributed by atoms with Gasteiger partial charge in [0.05, 0.1) is 0 Å². The van der Waals surface area contributed by atoms with Gasteiger partial charge in [-0.1, -0.05) is 31.2 Å². The van der Waals surface area contributed by atoms with Crippen LogP contribution in [-0.4, -0.2) is 25.5 Å². The predicted molar refractivity (Wildman–Crippen MR) is 94.8 cm³/mol. The maximum absolute atomic E-state index is 13.7. The number of carbonyl (C=O) groups is 2. The first-order valence-corrected chi connectivity index (χ1v) is 7.92. The Balaban J connectivity index is 1.97. The van der Waals surface area contributed by atoms with Gasteiger partial charge in [-0.15, -0.1) is 0 Å². The van der Waals surface area contributed by atoms with Crippen LogP contribution in [-0.2, 0) is 20.7 Å². The molecule has 1 atom stereocenters. The minimum absolute atomic E-state index is 0.0454. The van der Waals surface area contributed by atoms with Crippen LogP contribution in [0.25, 0.3) is 0 Å². The summed E-state index contributed by atoms with van der Waals surface area (Å²) < 4.78 is 18.5. The quantitative estimate of drug-likeness (QED) is 0.810. The number of ether oxygens (including phenoxy) is 1. The molecule has 6 heteroatoms. The Morgan fingerprint density at radius 1 is 1.08 bits per heavy atom. The van der Waals surface area contributed by atoms with E-state index in [1.54, 1.807) is 49.4 Å². The molecule has 0 unspecified atom stereocenters. The maximum Gasteiger partial charge on any atom is 0.250 e. The summed E-state index contributed by atoms with van der Waals surface area (Å²) in [5, 5.41) is 5.45. The fraction of sp³-hybridized carbons (Fsp3) is 0.263. The average Bonchev–Trinajstić information content (AvgIpc) is 2.57. The van der Waals surface area contributed by atoms with Crippen LogP contribution >= 0.6 is 0 Å². The highest BCUT2D eigenvalue weighted by Gasteiger charge is 2.16. The topological polar surface area (TPSA) is 67.4 Å². The zero-order valence-corrected chi connectivity index (χ0v) is 14.2. The number of carbonyl (C=O) groups excluding carboxylic acids is 2. The van der Waals surface area contributed by atoms with Crippen molar-refractivity contribution in [1.82, 2.24) is 0 Å². The van der Waals surface area contributed by atoms with Gasteiger partial charge in [-0.05, 0) is 36.2 Å². The molecule has 2 N–H and O–H groups in total. The molecule has 2 aromatic carbocycles. The fourth-order valence-electron chi connectivity index (χ4n) is 2.35. The SMILES string of the molecule is COCC(=O)Nc1cccc(NC(=O)[C@H](C)Cc2ccccc2F)c1. The van der Waals surface area contributed by atoms with E-state index >= 15 is 0 Å². The van der Waals surface area contributed by atoms with Crippen LogP contribution in [0.5, 0.6) is 0 Å². The third kappa shape index (κ3) is 5.69. The number of halogens is 1. The molecule has 2 aromatic rings. The Hall–Kier alpha value is -2.73. The van der Waals surface area contributed by atoms with Gasteiger partial charge in [-0.25, -0.2) is 4.39 Å². The van der Waals surface area contributed by atoms with Crippen molar-refractivity contribution >= 4 is 23.2 Å². The highest BCUT2D eigenvalue weighted by Crippen LogP contribution is 2.18. The zero-order valence-electron chi connectivity index (χ0n) is 14.2. The molecule has 0 radical (unpaired) electrons. The molecule has 0 saturated carbocycles. The summed E-state index contributed by atoms with van der Waals surface area (Å²) >= 11 is 0. The van der Waals surface area contributed by atoms with Crippen molar-refractivity contribution in [2.45, 2.75) is 13.3 Å². The number of methoxy groups -OCH3 is 1. The summed E-state index contributed by atoms with van der Waals surface area (Å²) in [5.41, 5.74) is 1.62. The predicted octanol–water partition coefficient (Wildman–Crippen LogP) is 3.23. The molecule has 2 amide bonds. The van der Waals surface area contributed by atoms with E-state index in [4.69, 9.17) is 4.74 Å². The Morgan fingerprint density at radius 2 is 1.76 bits per heavy atom. The van der Waals surface area contributed by atoms with Gasteiger partial charge in [0.15, 0.2) is 0 Å². The number of hydrogen-bond acceptors (Lipinski definition) is 3. The summed E-state index contributed by atoms with van der Waals surface area (Å²) in [6.45, 7) is 1.70. The molecule has 0 saturated heterocycles. The number of rotatable bonds is 7. The lowest BCUT2D eigenvalue weighted by atomic mass is 10.00. The second kappa shape index (κ2) is 8.94. The van der Waals surface area contributed by atoms with Crippen LogP contribution in [0.1, 0.15) is 12.5 Å². The van der Waals surface area contributed by atoms with Gasteiger partial charge in [0.1, 0.15) is 12.4 Å². The van der Waals surface area contributed by atoms with Crippen LogP contribution in [0, 0.1) is 11.7 Å². The normalized spacial score (nSPS) is 11.6. The van der Waals surface area contributed by atoms with Crippen LogP contribution in [0.3, 0.4) is 0 Å². The van der Waals surface area contributed by atoms with E-state index in [9.17, 15) is 14.0 Å². The lowest BCUT2D eigenvalue weighted by Crippen LogP contribution is -2.22. The number of benzene rings is 2. The lowest BCUT2D eigenvalue weighted by Gasteiger charge is -2.13. The molecule has 132 valence electrons. The average molecular weight is 344 g/mol. The van der Waals surface area contributed by atoms with E-state index in [-0.39, 0.29) is 24.2 Å². The van der Waals surface area contributed by atoms with Crippen molar-refractivity contribution in [3.8, 4) is 0 Å². The third-order valence-electron chi connectivity index (χ3n) is 3.62. The molecule has 5 nitrogen and oxygen atoms in total. The zero-order chi connectivity index (χ0) is 18.2. The Labute approximate surface area is 146 Å². The van der Waals surface area contributed by atoms with E-state index in [0.717, 1.165) is 0 Å². The van der Waals surface area contributed by atoms with Gasteiger partial charge >= 0.3 is 0 Å². The summed E-state index contributed by atoms with van der Waals surface area (Å²) in [4.78, 5) is 23.9. The van der Waals surface area contributed by atoms with Gasteiger partial charge in [-0.3, -0.25) is 9.59 Å². The Kier molecular flexibility index (Phi) is 6.65. The van der Waals surface area contributed by atoms with Gasteiger partial charge in [-0.2, -0.15) is 0 Å². The van der Waals surface area contributed by atoms with E-state index in [2.05, 4.69) is 10.6 Å². The van der Waals surface area contributed by atoms with Crippen molar-refractivity contribution in [1.29, 1.82) is 0 Å². The molecular formula is C19H21FN2O3. The number of nitrogens with one attached hydrogen (secondary N) is 2. The first kappa shape index (κ1) is 18.6. The van der Waals surface area contributed by atoms with Crippen LogP contribution in [0.4, 0.5) is 15.8 Å². The van der Waals surface area contributed by atoms with Gasteiger partial charge in [0.2, 0.25) is 11.8 Å². The Morgan fingerprint density at radius 3 is 2.44 bits per heavy atom. The molecule has 0 heterocycles. The minimum atomic E-state index is -0.399. The number of anilines is 2. The fourth-order valence-corrected chi connectivity index (χ4v) is 2.35. The molecule has 0 aromatic heterocycles.